The number of rotatable bonds is 65. The van der Waals surface area contributed by atoms with Gasteiger partial charge in [-0.2, -0.15) is 0 Å². The third-order valence-corrected chi connectivity index (χ3v) is 16.2. The summed E-state index contributed by atoms with van der Waals surface area (Å²) in [4.78, 5) is 24.5. The zero-order valence-electron chi connectivity index (χ0n) is 52.0. The molecule has 0 aliphatic heterocycles. The fourth-order valence-electron chi connectivity index (χ4n) is 10.8. The maximum absolute atomic E-state index is 12.4. The largest absolute Gasteiger partial charge is 0.466 e. The Morgan fingerprint density at radius 3 is 1.01 bits per heavy atom. The molecule has 0 aromatic carbocycles. The van der Waals surface area contributed by atoms with Crippen molar-refractivity contribution in [3.05, 3.63) is 36.5 Å². The molecule has 0 fully saturated rings. The van der Waals surface area contributed by atoms with Crippen LogP contribution in [-0.2, 0) is 14.3 Å². The summed E-state index contributed by atoms with van der Waals surface area (Å²) < 4.78 is 5.51. The average molecular weight is 1080 g/mol. The molecule has 0 bridgehead atoms. The van der Waals surface area contributed by atoms with Crippen LogP contribution in [0.5, 0.6) is 0 Å². The molecule has 0 rings (SSSR count). The van der Waals surface area contributed by atoms with Crippen molar-refractivity contribution in [2.75, 3.05) is 13.2 Å². The van der Waals surface area contributed by atoms with Gasteiger partial charge in [-0.15, -0.1) is 0 Å². The number of aliphatic hydroxyl groups excluding tert-OH is 2. The molecule has 6 nitrogen and oxygen atoms in total. The first-order chi connectivity index (χ1) is 38.0. The number of amides is 1. The second-order valence-corrected chi connectivity index (χ2v) is 23.9. The van der Waals surface area contributed by atoms with Crippen LogP contribution in [0.15, 0.2) is 36.5 Å². The molecule has 2 atom stereocenters. The minimum absolute atomic E-state index is 0.0173. The van der Waals surface area contributed by atoms with Crippen LogP contribution < -0.4 is 5.32 Å². The first kappa shape index (κ1) is 75.1. The van der Waals surface area contributed by atoms with Crippen molar-refractivity contribution < 1.29 is 24.5 Å². The van der Waals surface area contributed by atoms with Gasteiger partial charge in [0.2, 0.25) is 5.91 Å². The number of carbonyl (C=O) groups is 2. The van der Waals surface area contributed by atoms with Crippen molar-refractivity contribution >= 4 is 11.9 Å². The zero-order valence-corrected chi connectivity index (χ0v) is 52.0. The summed E-state index contributed by atoms with van der Waals surface area (Å²) >= 11 is 0. The Kier molecular flexibility index (Phi) is 64.9. The summed E-state index contributed by atoms with van der Waals surface area (Å²) in [6.45, 7) is 4.87. The lowest BCUT2D eigenvalue weighted by Crippen LogP contribution is -2.45. The molecule has 6 heteroatoms. The van der Waals surface area contributed by atoms with Gasteiger partial charge in [0.1, 0.15) is 0 Å². The zero-order chi connectivity index (χ0) is 55.7. The molecule has 77 heavy (non-hydrogen) atoms. The number of allylic oxidation sites excluding steroid dienone is 5. The second-order valence-electron chi connectivity index (χ2n) is 23.9. The van der Waals surface area contributed by atoms with Gasteiger partial charge in [-0.25, -0.2) is 0 Å². The summed E-state index contributed by atoms with van der Waals surface area (Å²) in [5.41, 5.74) is 0. The summed E-state index contributed by atoms with van der Waals surface area (Å²) in [6.07, 6.45) is 85.3. The summed E-state index contributed by atoms with van der Waals surface area (Å²) in [6, 6.07) is -0.622. The highest BCUT2D eigenvalue weighted by Crippen LogP contribution is 2.19. The Hall–Kier alpha value is -1.92. The molecule has 2 unspecified atom stereocenters. The third-order valence-electron chi connectivity index (χ3n) is 16.2. The fourth-order valence-corrected chi connectivity index (χ4v) is 10.8. The molecule has 0 saturated heterocycles. The lowest BCUT2D eigenvalue weighted by molar-refractivity contribution is -0.143. The molecule has 0 aliphatic carbocycles. The van der Waals surface area contributed by atoms with Gasteiger partial charge < -0.3 is 20.3 Å². The molecule has 3 N–H and O–H groups in total. The lowest BCUT2D eigenvalue weighted by atomic mass is 10.0. The predicted octanol–water partition coefficient (Wildman–Crippen LogP) is 22.3. The van der Waals surface area contributed by atoms with Crippen molar-refractivity contribution in [2.24, 2.45) is 0 Å². The van der Waals surface area contributed by atoms with Gasteiger partial charge in [0.15, 0.2) is 0 Å². The van der Waals surface area contributed by atoms with Gasteiger partial charge in [0.25, 0.3) is 0 Å². The van der Waals surface area contributed by atoms with E-state index in [1.807, 2.05) is 6.08 Å². The van der Waals surface area contributed by atoms with Crippen molar-refractivity contribution in [2.45, 2.75) is 392 Å². The summed E-state index contributed by atoms with van der Waals surface area (Å²) in [5.74, 6) is -0.0477. The SMILES string of the molecule is CCCCC/C=C\C/C=C\CCCCCCCCCCCC(=O)OCCCCCCCCCCCCCCCCCCCCCCCCCCCCCCCCCCC(=O)NC(CO)C(O)/C=C/CCCCCCCCC. The standard InChI is InChI=1S/C71H135NO5/c1-3-5-7-9-11-13-14-15-16-17-32-36-39-42-45-49-53-57-61-65-71(76)77-66-62-58-54-50-46-43-40-37-34-31-29-27-25-23-21-19-18-20-22-24-26-28-30-33-35-38-41-44-48-52-56-60-64-70(75)72-68(67-73)69(74)63-59-55-51-47-12-10-8-6-4-2/h11,13,15-16,59,63,68-69,73-74H,3-10,12,14,17-58,60-62,64-67H2,1-2H3,(H,72,75)/b13-11-,16-15-,63-59+. The highest BCUT2D eigenvalue weighted by Gasteiger charge is 2.18. The van der Waals surface area contributed by atoms with Crippen LogP contribution in [0.25, 0.3) is 0 Å². The Bertz CT molecular complexity index is 1250. The van der Waals surface area contributed by atoms with Crippen molar-refractivity contribution in [3.63, 3.8) is 0 Å². The van der Waals surface area contributed by atoms with Crippen LogP contribution in [-0.4, -0.2) is 47.4 Å². The minimum atomic E-state index is -0.839. The second kappa shape index (κ2) is 66.6. The van der Waals surface area contributed by atoms with E-state index in [2.05, 4.69) is 43.5 Å². The number of hydrogen-bond acceptors (Lipinski definition) is 5. The van der Waals surface area contributed by atoms with Crippen LogP contribution in [0, 0.1) is 0 Å². The van der Waals surface area contributed by atoms with Crippen LogP contribution >= 0.6 is 0 Å². The topological polar surface area (TPSA) is 95.9 Å². The monoisotopic (exact) mass is 1080 g/mol. The molecule has 0 aliphatic rings. The highest BCUT2D eigenvalue weighted by atomic mass is 16.5. The Labute approximate surface area is 481 Å². The van der Waals surface area contributed by atoms with Crippen LogP contribution in [0.2, 0.25) is 0 Å². The van der Waals surface area contributed by atoms with Gasteiger partial charge in [-0.1, -0.05) is 339 Å². The fraction of sp³-hybridized carbons (Fsp3) is 0.887. The van der Waals surface area contributed by atoms with Gasteiger partial charge in [0, 0.05) is 12.8 Å². The Morgan fingerprint density at radius 2 is 0.649 bits per heavy atom. The first-order valence-electron chi connectivity index (χ1n) is 34.8. The van der Waals surface area contributed by atoms with E-state index >= 15 is 0 Å². The summed E-state index contributed by atoms with van der Waals surface area (Å²) in [5, 5.41) is 23.0. The van der Waals surface area contributed by atoms with Gasteiger partial charge >= 0.3 is 5.97 Å². The van der Waals surface area contributed by atoms with E-state index in [0.717, 1.165) is 51.4 Å². The van der Waals surface area contributed by atoms with Crippen LogP contribution in [0.3, 0.4) is 0 Å². The molecule has 0 saturated carbocycles. The van der Waals surface area contributed by atoms with Crippen molar-refractivity contribution in [3.8, 4) is 0 Å². The number of hydrogen-bond donors (Lipinski definition) is 3. The number of carbonyl (C=O) groups excluding carboxylic acids is 2. The van der Waals surface area contributed by atoms with Crippen molar-refractivity contribution in [1.82, 2.24) is 5.32 Å². The van der Waals surface area contributed by atoms with Gasteiger partial charge in [-0.3, -0.25) is 9.59 Å². The van der Waals surface area contributed by atoms with E-state index in [1.165, 1.54) is 302 Å². The molecule has 0 spiro atoms. The lowest BCUT2D eigenvalue weighted by Gasteiger charge is -2.20. The number of esters is 1. The molecular weight excluding hydrogens is 947 g/mol. The number of nitrogens with one attached hydrogen (secondary N) is 1. The van der Waals surface area contributed by atoms with E-state index in [4.69, 9.17) is 4.74 Å². The molecule has 0 aromatic rings. The molecule has 0 aromatic heterocycles. The molecule has 1 amide bonds. The van der Waals surface area contributed by atoms with E-state index in [9.17, 15) is 19.8 Å². The van der Waals surface area contributed by atoms with Crippen LogP contribution in [0.1, 0.15) is 380 Å². The Morgan fingerprint density at radius 1 is 0.364 bits per heavy atom. The van der Waals surface area contributed by atoms with Crippen LogP contribution in [0.4, 0.5) is 0 Å². The molecular formula is C71H135NO5. The molecule has 0 radical (unpaired) electrons. The number of aliphatic hydroxyl groups is 2. The van der Waals surface area contributed by atoms with E-state index in [1.54, 1.807) is 6.08 Å². The van der Waals surface area contributed by atoms with E-state index in [-0.39, 0.29) is 18.5 Å². The van der Waals surface area contributed by atoms with E-state index < -0.39 is 12.1 Å². The van der Waals surface area contributed by atoms with E-state index in [0.29, 0.717) is 19.4 Å². The maximum atomic E-state index is 12.4. The quantitative estimate of drug-likeness (QED) is 0.0320. The smallest absolute Gasteiger partial charge is 0.305 e. The molecule has 454 valence electrons. The third kappa shape index (κ3) is 63.1. The summed E-state index contributed by atoms with van der Waals surface area (Å²) in [7, 11) is 0. The number of unbranched alkanes of at least 4 members (excludes halogenated alkanes) is 50. The molecule has 0 heterocycles. The van der Waals surface area contributed by atoms with Gasteiger partial charge in [-0.05, 0) is 64.2 Å². The first-order valence-corrected chi connectivity index (χ1v) is 34.8. The Balaban J connectivity index is 3.29. The van der Waals surface area contributed by atoms with Gasteiger partial charge in [0.05, 0.1) is 25.4 Å². The highest BCUT2D eigenvalue weighted by molar-refractivity contribution is 5.76. The maximum Gasteiger partial charge on any atom is 0.305 e. The average Bonchev–Trinajstić information content (AvgIpc) is 3.43. The normalized spacial score (nSPS) is 12.7. The number of ether oxygens (including phenoxy) is 1. The van der Waals surface area contributed by atoms with Crippen molar-refractivity contribution in [1.29, 1.82) is 0 Å². The minimum Gasteiger partial charge on any atom is -0.466 e. The predicted molar refractivity (Wildman–Crippen MR) is 338 cm³/mol.